The quantitative estimate of drug-likeness (QED) is 0.549. The third kappa shape index (κ3) is 2.81. The van der Waals surface area contributed by atoms with Crippen LogP contribution in [0.4, 0.5) is 0 Å². The fourth-order valence-corrected chi connectivity index (χ4v) is 2.21. The summed E-state index contributed by atoms with van der Waals surface area (Å²) in [5.74, 6) is 0.328. The van der Waals surface area contributed by atoms with Gasteiger partial charge in [-0.2, -0.15) is 10.1 Å². The van der Waals surface area contributed by atoms with Gasteiger partial charge in [0, 0.05) is 17.6 Å². The van der Waals surface area contributed by atoms with Gasteiger partial charge in [-0.3, -0.25) is 4.68 Å². The summed E-state index contributed by atoms with van der Waals surface area (Å²) >= 11 is 11.9. The monoisotopic (exact) mass is 321 g/mol. The van der Waals surface area contributed by atoms with Gasteiger partial charge in [-0.25, -0.2) is 4.98 Å². The van der Waals surface area contributed by atoms with Crippen LogP contribution in [-0.4, -0.2) is 26.0 Å². The molecule has 6 nitrogen and oxygen atoms in total. The van der Waals surface area contributed by atoms with Crippen molar-refractivity contribution >= 4 is 40.4 Å². The third-order valence-electron chi connectivity index (χ3n) is 2.79. The van der Waals surface area contributed by atoms with Crippen LogP contribution in [0.1, 0.15) is 5.56 Å². The molecule has 1 aromatic carbocycles. The van der Waals surface area contributed by atoms with Gasteiger partial charge in [0.15, 0.2) is 5.65 Å². The molecule has 0 amide bonds. The maximum Gasteiger partial charge on any atom is 0.262 e. The van der Waals surface area contributed by atoms with E-state index in [1.54, 1.807) is 36.1 Å². The zero-order chi connectivity index (χ0) is 14.8. The number of benzene rings is 1. The number of nitrogens with zero attached hydrogens (tertiary/aromatic N) is 5. The van der Waals surface area contributed by atoms with Gasteiger partial charge in [-0.1, -0.05) is 34.4 Å². The average Bonchev–Trinajstić information content (AvgIpc) is 2.84. The first-order chi connectivity index (χ1) is 10.1. The molecular formula is C13H9Cl2N5O. The van der Waals surface area contributed by atoms with Crippen molar-refractivity contribution in [3.63, 3.8) is 0 Å². The fourth-order valence-electron chi connectivity index (χ4n) is 1.75. The molecule has 3 aromatic rings. The second-order valence-corrected chi connectivity index (χ2v) is 5.02. The van der Waals surface area contributed by atoms with E-state index in [0.29, 0.717) is 32.5 Å². The molecule has 0 fully saturated rings. The number of hydrogen-bond acceptors (Lipinski definition) is 5. The Hall–Kier alpha value is -2.18. The van der Waals surface area contributed by atoms with Crippen LogP contribution in [0.25, 0.3) is 11.0 Å². The lowest BCUT2D eigenvalue weighted by molar-refractivity contribution is 0.334. The maximum atomic E-state index is 6.04. The topological polar surface area (TPSA) is 65.2 Å². The van der Waals surface area contributed by atoms with Crippen molar-refractivity contribution < 1.29 is 4.84 Å². The summed E-state index contributed by atoms with van der Waals surface area (Å²) in [6.45, 7) is 0. The first-order valence-corrected chi connectivity index (χ1v) is 6.69. The van der Waals surface area contributed by atoms with E-state index in [4.69, 9.17) is 28.0 Å². The molecular weight excluding hydrogens is 313 g/mol. The number of hydrogen-bond donors (Lipinski definition) is 0. The molecule has 21 heavy (non-hydrogen) atoms. The first-order valence-electron chi connectivity index (χ1n) is 5.93. The van der Waals surface area contributed by atoms with Crippen molar-refractivity contribution in [2.24, 2.45) is 12.2 Å². The summed E-state index contributed by atoms with van der Waals surface area (Å²) in [5.41, 5.74) is 1.36. The van der Waals surface area contributed by atoms with E-state index in [2.05, 4.69) is 20.2 Å². The average molecular weight is 322 g/mol. The van der Waals surface area contributed by atoms with Crippen molar-refractivity contribution in [3.05, 3.63) is 46.3 Å². The molecule has 0 atom stereocenters. The van der Waals surface area contributed by atoms with Crippen LogP contribution < -0.4 is 4.84 Å². The highest BCUT2D eigenvalue weighted by atomic mass is 35.5. The molecule has 0 N–H and O–H groups in total. The van der Waals surface area contributed by atoms with Crippen LogP contribution in [0.3, 0.4) is 0 Å². The van der Waals surface area contributed by atoms with Crippen molar-refractivity contribution in [1.82, 2.24) is 19.7 Å². The minimum atomic E-state index is 0.328. The van der Waals surface area contributed by atoms with Gasteiger partial charge in [0.2, 0.25) is 0 Å². The molecule has 0 aliphatic carbocycles. The summed E-state index contributed by atoms with van der Waals surface area (Å²) in [4.78, 5) is 13.4. The Kier molecular flexibility index (Phi) is 3.72. The molecule has 0 spiro atoms. The number of oxime groups is 1. The molecule has 3 rings (SSSR count). The number of fused-ring (bicyclic) bond motifs is 1. The Labute approximate surface area is 130 Å². The van der Waals surface area contributed by atoms with Crippen molar-refractivity contribution in [2.75, 3.05) is 0 Å². The molecule has 0 saturated carbocycles. The van der Waals surface area contributed by atoms with Gasteiger partial charge in [-0.05, 0) is 12.1 Å². The molecule has 0 bridgehead atoms. The third-order valence-corrected chi connectivity index (χ3v) is 3.35. The molecule has 0 aliphatic heterocycles. The Morgan fingerprint density at radius 1 is 1.29 bits per heavy atom. The van der Waals surface area contributed by atoms with Crippen LogP contribution >= 0.6 is 23.2 Å². The zero-order valence-electron chi connectivity index (χ0n) is 10.9. The number of rotatable bonds is 3. The van der Waals surface area contributed by atoms with Crippen molar-refractivity contribution in [3.8, 4) is 5.88 Å². The maximum absolute atomic E-state index is 6.04. The second kappa shape index (κ2) is 5.67. The number of halogens is 2. The van der Waals surface area contributed by atoms with E-state index in [1.807, 2.05) is 0 Å². The van der Waals surface area contributed by atoms with Crippen LogP contribution in [0.2, 0.25) is 10.0 Å². The molecule has 0 unspecified atom stereocenters. The highest BCUT2D eigenvalue weighted by molar-refractivity contribution is 6.36. The van der Waals surface area contributed by atoms with Crippen LogP contribution in [0, 0.1) is 0 Å². The van der Waals surface area contributed by atoms with E-state index in [9.17, 15) is 0 Å². The van der Waals surface area contributed by atoms with Gasteiger partial charge in [0.25, 0.3) is 5.88 Å². The van der Waals surface area contributed by atoms with Gasteiger partial charge in [-0.15, -0.1) is 0 Å². The fraction of sp³-hybridized carbons (Fsp3) is 0.0769. The summed E-state index contributed by atoms with van der Waals surface area (Å²) in [5, 5.41) is 9.71. The Balaban J connectivity index is 1.84. The van der Waals surface area contributed by atoms with Crippen LogP contribution in [-0.2, 0) is 7.05 Å². The lowest BCUT2D eigenvalue weighted by atomic mass is 10.2. The highest BCUT2D eigenvalue weighted by Crippen LogP contribution is 2.21. The normalized spacial score (nSPS) is 11.4. The van der Waals surface area contributed by atoms with E-state index in [-0.39, 0.29) is 0 Å². The lowest BCUT2D eigenvalue weighted by Gasteiger charge is -2.00. The summed E-state index contributed by atoms with van der Waals surface area (Å²) in [6.07, 6.45) is 4.50. The van der Waals surface area contributed by atoms with Crippen LogP contribution in [0.15, 0.2) is 35.9 Å². The van der Waals surface area contributed by atoms with Gasteiger partial charge >= 0.3 is 0 Å². The highest BCUT2D eigenvalue weighted by Gasteiger charge is 2.08. The molecule has 2 heterocycles. The van der Waals surface area contributed by atoms with E-state index < -0.39 is 0 Å². The number of aryl methyl sites for hydroxylation is 1. The molecule has 8 heteroatoms. The smallest absolute Gasteiger partial charge is 0.262 e. The predicted octanol–water partition coefficient (Wildman–Crippen LogP) is 3.08. The van der Waals surface area contributed by atoms with E-state index >= 15 is 0 Å². The molecule has 106 valence electrons. The Bertz CT molecular complexity index is 831. The predicted molar refractivity (Wildman–Crippen MR) is 81.0 cm³/mol. The molecule has 0 saturated heterocycles. The number of aromatic nitrogens is 4. The summed E-state index contributed by atoms with van der Waals surface area (Å²) in [7, 11) is 1.79. The van der Waals surface area contributed by atoms with Gasteiger partial charge in [0.05, 0.1) is 17.4 Å². The molecule has 0 aliphatic rings. The molecule has 2 aromatic heterocycles. The Morgan fingerprint density at radius 2 is 2.14 bits per heavy atom. The minimum Gasteiger partial charge on any atom is -0.336 e. The largest absolute Gasteiger partial charge is 0.336 e. The second-order valence-electron chi connectivity index (χ2n) is 4.18. The van der Waals surface area contributed by atoms with Crippen molar-refractivity contribution in [2.45, 2.75) is 0 Å². The van der Waals surface area contributed by atoms with E-state index in [0.717, 1.165) is 0 Å². The first kappa shape index (κ1) is 13.8. The van der Waals surface area contributed by atoms with Gasteiger partial charge in [0.1, 0.15) is 11.7 Å². The summed E-state index contributed by atoms with van der Waals surface area (Å²) in [6, 6.07) is 5.10. The standard InChI is InChI=1S/C13H9Cl2N5O/c1-20-12-10(6-18-20)13(17-7-16-12)21-19-5-8-2-3-9(14)4-11(8)15/h2-7H,1H3/b19-5+. The summed E-state index contributed by atoms with van der Waals surface area (Å²) < 4.78 is 1.63. The van der Waals surface area contributed by atoms with Gasteiger partial charge < -0.3 is 4.84 Å². The molecule has 0 radical (unpaired) electrons. The Morgan fingerprint density at radius 3 is 2.95 bits per heavy atom. The van der Waals surface area contributed by atoms with E-state index in [1.165, 1.54) is 12.5 Å². The lowest BCUT2D eigenvalue weighted by Crippen LogP contribution is -1.94. The SMILES string of the molecule is Cn1ncc2c(O/N=C/c3ccc(Cl)cc3Cl)ncnc21. The zero-order valence-corrected chi connectivity index (χ0v) is 12.4. The minimum absolute atomic E-state index is 0.328. The van der Waals surface area contributed by atoms with Crippen LogP contribution in [0.5, 0.6) is 5.88 Å². The van der Waals surface area contributed by atoms with Crippen molar-refractivity contribution in [1.29, 1.82) is 0 Å².